The van der Waals surface area contributed by atoms with Gasteiger partial charge in [0.15, 0.2) is 6.29 Å². The number of halogens is 1. The molecule has 0 saturated carbocycles. The molecule has 16 heavy (non-hydrogen) atoms. The van der Waals surface area contributed by atoms with Gasteiger partial charge in [0.1, 0.15) is 5.69 Å². The number of aldehydes is 1. The van der Waals surface area contributed by atoms with E-state index < -0.39 is 0 Å². The third kappa shape index (κ3) is 2.02. The first kappa shape index (κ1) is 11.3. The molecule has 0 bridgehead atoms. The van der Waals surface area contributed by atoms with Crippen LogP contribution in [0.2, 0.25) is 0 Å². The minimum Gasteiger partial charge on any atom is -0.376 e. The van der Waals surface area contributed by atoms with Crippen molar-refractivity contribution in [3.63, 3.8) is 0 Å². The van der Waals surface area contributed by atoms with Crippen LogP contribution in [0.3, 0.4) is 0 Å². The maximum atomic E-state index is 10.7. The second kappa shape index (κ2) is 4.37. The molecule has 82 valence electrons. The topological polar surface area (TPSA) is 33.2 Å². The summed E-state index contributed by atoms with van der Waals surface area (Å²) in [6.07, 6.45) is 0.775. The molecule has 1 heterocycles. The molecule has 0 N–H and O–H groups in total. The summed E-state index contributed by atoms with van der Waals surface area (Å²) in [4.78, 5) is 17.1. The van der Waals surface area contributed by atoms with E-state index in [4.69, 9.17) is 0 Å². The fourth-order valence-electron chi connectivity index (χ4n) is 1.60. The molecule has 0 aliphatic rings. The van der Waals surface area contributed by atoms with Gasteiger partial charge in [-0.2, -0.15) is 0 Å². The van der Waals surface area contributed by atoms with Crippen LogP contribution in [0.5, 0.6) is 0 Å². The number of fused-ring (bicyclic) bond motifs is 1. The van der Waals surface area contributed by atoms with Gasteiger partial charge < -0.3 is 4.90 Å². The average molecular weight is 326 g/mol. The number of pyridine rings is 1. The maximum Gasteiger partial charge on any atom is 0.168 e. The lowest BCUT2D eigenvalue weighted by molar-refractivity contribution is 0.111. The van der Waals surface area contributed by atoms with Crippen LogP contribution in [0.4, 0.5) is 5.69 Å². The lowest BCUT2D eigenvalue weighted by atomic mass is 10.1. The number of benzene rings is 1. The van der Waals surface area contributed by atoms with Crippen molar-refractivity contribution in [3.05, 3.63) is 33.5 Å². The number of nitrogens with zero attached hydrogens (tertiary/aromatic N) is 2. The first-order valence-corrected chi connectivity index (χ1v) is 5.92. The number of aromatic nitrogens is 1. The molecule has 0 saturated heterocycles. The van der Waals surface area contributed by atoms with Gasteiger partial charge in [0.05, 0.1) is 11.2 Å². The first-order chi connectivity index (χ1) is 7.61. The van der Waals surface area contributed by atoms with Crippen molar-refractivity contribution in [2.75, 3.05) is 19.0 Å². The van der Waals surface area contributed by atoms with Crippen molar-refractivity contribution in [1.29, 1.82) is 0 Å². The lowest BCUT2D eigenvalue weighted by Crippen LogP contribution is -2.10. The van der Waals surface area contributed by atoms with Gasteiger partial charge in [0.2, 0.25) is 0 Å². The van der Waals surface area contributed by atoms with Gasteiger partial charge in [-0.15, -0.1) is 0 Å². The van der Waals surface area contributed by atoms with E-state index in [2.05, 4.69) is 39.7 Å². The molecule has 0 aliphatic carbocycles. The standard InChI is InChI=1S/C12H11IN2O/c1-15(2)11-6-9(13)5-8-3-4-10(7-16)14-12(8)11/h3-7H,1-2H3. The molecule has 0 atom stereocenters. The Hall–Kier alpha value is -1.17. The molecule has 1 aromatic carbocycles. The summed E-state index contributed by atoms with van der Waals surface area (Å²) < 4.78 is 1.16. The molecular weight excluding hydrogens is 315 g/mol. The Morgan fingerprint density at radius 2 is 2.06 bits per heavy atom. The fraction of sp³-hybridized carbons (Fsp3) is 0.167. The van der Waals surface area contributed by atoms with Crippen LogP contribution in [0.25, 0.3) is 10.9 Å². The summed E-state index contributed by atoms with van der Waals surface area (Å²) in [5.74, 6) is 0. The predicted molar refractivity (Wildman–Crippen MR) is 74.2 cm³/mol. The Balaban J connectivity index is 2.80. The number of rotatable bonds is 2. The highest BCUT2D eigenvalue weighted by molar-refractivity contribution is 14.1. The largest absolute Gasteiger partial charge is 0.376 e. The van der Waals surface area contributed by atoms with E-state index in [0.29, 0.717) is 5.69 Å². The fourth-order valence-corrected chi connectivity index (χ4v) is 2.23. The zero-order valence-corrected chi connectivity index (χ0v) is 11.2. The average Bonchev–Trinajstić information content (AvgIpc) is 2.27. The molecule has 0 unspecified atom stereocenters. The highest BCUT2D eigenvalue weighted by atomic mass is 127. The molecule has 2 rings (SSSR count). The predicted octanol–water partition coefficient (Wildman–Crippen LogP) is 2.72. The van der Waals surface area contributed by atoms with Crippen molar-refractivity contribution < 1.29 is 4.79 Å². The molecule has 0 fully saturated rings. The number of carbonyl (C=O) groups is 1. The zero-order chi connectivity index (χ0) is 11.7. The molecule has 3 nitrogen and oxygen atoms in total. The monoisotopic (exact) mass is 326 g/mol. The van der Waals surface area contributed by atoms with Crippen LogP contribution in [0.1, 0.15) is 10.5 Å². The highest BCUT2D eigenvalue weighted by Gasteiger charge is 2.07. The third-order valence-electron chi connectivity index (χ3n) is 2.36. The van der Waals surface area contributed by atoms with Gasteiger partial charge in [-0.25, -0.2) is 4.98 Å². The van der Waals surface area contributed by atoms with Gasteiger partial charge in [-0.1, -0.05) is 6.07 Å². The van der Waals surface area contributed by atoms with E-state index in [1.54, 1.807) is 6.07 Å². The smallest absolute Gasteiger partial charge is 0.168 e. The molecule has 0 aliphatic heterocycles. The molecule has 2 aromatic rings. The zero-order valence-electron chi connectivity index (χ0n) is 9.07. The Labute approximate surface area is 108 Å². The van der Waals surface area contributed by atoms with Crippen LogP contribution in [-0.2, 0) is 0 Å². The number of hydrogen-bond acceptors (Lipinski definition) is 3. The molecule has 0 amide bonds. The summed E-state index contributed by atoms with van der Waals surface area (Å²) >= 11 is 2.28. The number of anilines is 1. The second-order valence-corrected chi connectivity index (χ2v) is 4.99. The summed E-state index contributed by atoms with van der Waals surface area (Å²) in [6, 6.07) is 7.79. The first-order valence-electron chi connectivity index (χ1n) is 4.84. The molecule has 4 heteroatoms. The Morgan fingerprint density at radius 1 is 1.31 bits per heavy atom. The van der Waals surface area contributed by atoms with E-state index >= 15 is 0 Å². The van der Waals surface area contributed by atoms with E-state index in [-0.39, 0.29) is 0 Å². The van der Waals surface area contributed by atoms with Gasteiger partial charge in [0.25, 0.3) is 0 Å². The SMILES string of the molecule is CN(C)c1cc(I)cc2ccc(C=O)nc12. The van der Waals surface area contributed by atoms with Crippen LogP contribution in [0, 0.1) is 3.57 Å². The maximum absolute atomic E-state index is 10.7. The van der Waals surface area contributed by atoms with E-state index in [1.165, 1.54) is 0 Å². The summed E-state index contributed by atoms with van der Waals surface area (Å²) in [7, 11) is 3.94. The number of carbonyl (C=O) groups excluding carboxylic acids is 1. The van der Waals surface area contributed by atoms with Crippen molar-refractivity contribution >= 4 is 45.5 Å². The Bertz CT molecular complexity index is 552. The lowest BCUT2D eigenvalue weighted by Gasteiger charge is -2.15. The third-order valence-corrected chi connectivity index (χ3v) is 2.98. The van der Waals surface area contributed by atoms with Crippen LogP contribution in [-0.4, -0.2) is 25.4 Å². The van der Waals surface area contributed by atoms with Crippen LogP contribution >= 0.6 is 22.6 Å². The highest BCUT2D eigenvalue weighted by Crippen LogP contribution is 2.26. The quantitative estimate of drug-likeness (QED) is 0.628. The van der Waals surface area contributed by atoms with Gasteiger partial charge in [0, 0.05) is 23.1 Å². The van der Waals surface area contributed by atoms with Crippen molar-refractivity contribution in [1.82, 2.24) is 4.98 Å². The second-order valence-electron chi connectivity index (χ2n) is 3.75. The minimum atomic E-state index is 0.469. The van der Waals surface area contributed by atoms with Crippen molar-refractivity contribution in [2.45, 2.75) is 0 Å². The van der Waals surface area contributed by atoms with Crippen LogP contribution < -0.4 is 4.90 Å². The van der Waals surface area contributed by atoms with Gasteiger partial charge in [-0.05, 0) is 40.8 Å². The molecule has 1 aromatic heterocycles. The van der Waals surface area contributed by atoms with E-state index in [9.17, 15) is 4.79 Å². The minimum absolute atomic E-state index is 0.469. The van der Waals surface area contributed by atoms with E-state index in [1.807, 2.05) is 25.1 Å². The molecule has 0 radical (unpaired) electrons. The summed E-state index contributed by atoms with van der Waals surface area (Å²) in [6.45, 7) is 0. The Morgan fingerprint density at radius 3 is 2.69 bits per heavy atom. The summed E-state index contributed by atoms with van der Waals surface area (Å²) in [5.41, 5.74) is 2.37. The van der Waals surface area contributed by atoms with E-state index in [0.717, 1.165) is 26.4 Å². The van der Waals surface area contributed by atoms with Crippen molar-refractivity contribution in [2.24, 2.45) is 0 Å². The Kier molecular flexibility index (Phi) is 3.09. The van der Waals surface area contributed by atoms with Gasteiger partial charge >= 0.3 is 0 Å². The summed E-state index contributed by atoms with van der Waals surface area (Å²) in [5, 5.41) is 1.06. The van der Waals surface area contributed by atoms with Crippen molar-refractivity contribution in [3.8, 4) is 0 Å². The molecule has 0 spiro atoms. The number of hydrogen-bond donors (Lipinski definition) is 0. The normalized spacial score (nSPS) is 10.4. The van der Waals surface area contributed by atoms with Crippen LogP contribution in [0.15, 0.2) is 24.3 Å². The van der Waals surface area contributed by atoms with Gasteiger partial charge in [-0.3, -0.25) is 4.79 Å². The molecular formula is C12H11IN2O.